The van der Waals surface area contributed by atoms with Crippen LogP contribution in [0.1, 0.15) is 39.8 Å². The Morgan fingerprint density at radius 1 is 1.56 bits per heavy atom. The second kappa shape index (κ2) is 5.41. The molecule has 5 nitrogen and oxygen atoms in total. The van der Waals surface area contributed by atoms with Crippen molar-refractivity contribution in [1.82, 2.24) is 20.3 Å². The van der Waals surface area contributed by atoms with Gasteiger partial charge in [0.2, 0.25) is 0 Å². The normalized spacial score (nSPS) is 15.4. The van der Waals surface area contributed by atoms with Crippen LogP contribution in [0.2, 0.25) is 0 Å². The van der Waals surface area contributed by atoms with Crippen LogP contribution in [0.15, 0.2) is 6.20 Å². The first-order valence-electron chi connectivity index (χ1n) is 5.82. The predicted octanol–water partition coefficient (Wildman–Crippen LogP) is 0.894. The van der Waals surface area contributed by atoms with Crippen LogP contribution in [0.4, 0.5) is 0 Å². The van der Waals surface area contributed by atoms with Gasteiger partial charge in [0.1, 0.15) is 5.60 Å². The topological polar surface area (TPSA) is 63.0 Å². The molecule has 0 saturated carbocycles. The lowest BCUT2D eigenvalue weighted by Crippen LogP contribution is -2.40. The van der Waals surface area contributed by atoms with Gasteiger partial charge in [-0.25, -0.2) is 4.68 Å². The molecule has 0 bridgehead atoms. The summed E-state index contributed by atoms with van der Waals surface area (Å²) in [5, 5.41) is 21.4. The zero-order valence-corrected chi connectivity index (χ0v) is 10.6. The summed E-state index contributed by atoms with van der Waals surface area (Å²) in [4.78, 5) is 0. The summed E-state index contributed by atoms with van der Waals surface area (Å²) in [6.45, 7) is 9.25. The monoisotopic (exact) mass is 226 g/mol. The van der Waals surface area contributed by atoms with Gasteiger partial charge in [-0.1, -0.05) is 26.0 Å². The minimum Gasteiger partial charge on any atom is -0.382 e. The summed E-state index contributed by atoms with van der Waals surface area (Å²) >= 11 is 0. The molecule has 92 valence electrons. The van der Waals surface area contributed by atoms with Crippen LogP contribution in [-0.4, -0.2) is 32.7 Å². The first-order valence-corrected chi connectivity index (χ1v) is 5.82. The molecule has 5 heteroatoms. The molecule has 1 atom stereocenters. The lowest BCUT2D eigenvalue weighted by molar-refractivity contribution is 0.0454. The Balaban J connectivity index is 2.75. The molecule has 16 heavy (non-hydrogen) atoms. The van der Waals surface area contributed by atoms with E-state index >= 15 is 0 Å². The van der Waals surface area contributed by atoms with E-state index in [9.17, 15) is 5.11 Å². The fourth-order valence-electron chi connectivity index (χ4n) is 1.55. The Hall–Kier alpha value is -0.940. The average molecular weight is 226 g/mol. The van der Waals surface area contributed by atoms with Crippen molar-refractivity contribution >= 4 is 0 Å². The summed E-state index contributed by atoms with van der Waals surface area (Å²) in [7, 11) is 0. The van der Waals surface area contributed by atoms with E-state index in [1.165, 1.54) is 0 Å². The number of aryl methyl sites for hydroxylation is 1. The maximum atomic E-state index is 10.4. The van der Waals surface area contributed by atoms with Gasteiger partial charge in [0.15, 0.2) is 0 Å². The van der Waals surface area contributed by atoms with Crippen LogP contribution in [0, 0.1) is 0 Å². The number of aliphatic hydroxyl groups is 1. The molecule has 0 spiro atoms. The van der Waals surface area contributed by atoms with Crippen molar-refractivity contribution in [2.45, 2.75) is 52.3 Å². The van der Waals surface area contributed by atoms with E-state index < -0.39 is 5.60 Å². The van der Waals surface area contributed by atoms with Crippen molar-refractivity contribution in [3.05, 3.63) is 11.9 Å². The lowest BCUT2D eigenvalue weighted by Gasteiger charge is -2.25. The van der Waals surface area contributed by atoms with Crippen molar-refractivity contribution in [3.8, 4) is 0 Å². The van der Waals surface area contributed by atoms with Gasteiger partial charge in [0.05, 0.1) is 11.9 Å². The summed E-state index contributed by atoms with van der Waals surface area (Å²) in [6, 6.07) is 0.349. The standard InChI is InChI=1S/C11H22N4O/c1-5-6-15-10(7-13-14-15)11(4,16)8-12-9(2)3/h7,9,12,16H,5-6,8H2,1-4H3. The second-order valence-electron chi connectivity index (χ2n) is 4.65. The van der Waals surface area contributed by atoms with Crippen LogP contribution >= 0.6 is 0 Å². The van der Waals surface area contributed by atoms with Crippen LogP contribution < -0.4 is 5.32 Å². The van der Waals surface area contributed by atoms with E-state index in [0.29, 0.717) is 12.6 Å². The van der Waals surface area contributed by atoms with E-state index in [0.717, 1.165) is 18.7 Å². The van der Waals surface area contributed by atoms with E-state index in [1.54, 1.807) is 17.8 Å². The molecule has 0 aliphatic heterocycles. The highest BCUT2D eigenvalue weighted by Gasteiger charge is 2.27. The zero-order chi connectivity index (χ0) is 12.2. The molecule has 0 fully saturated rings. The Labute approximate surface area is 96.9 Å². The summed E-state index contributed by atoms with van der Waals surface area (Å²) in [5.74, 6) is 0. The molecule has 0 saturated heterocycles. The van der Waals surface area contributed by atoms with Gasteiger partial charge in [-0.3, -0.25) is 0 Å². The van der Waals surface area contributed by atoms with Gasteiger partial charge < -0.3 is 10.4 Å². The number of nitrogens with one attached hydrogen (secondary N) is 1. The zero-order valence-electron chi connectivity index (χ0n) is 10.6. The first-order chi connectivity index (χ1) is 7.47. The van der Waals surface area contributed by atoms with Gasteiger partial charge in [-0.05, 0) is 13.3 Å². The van der Waals surface area contributed by atoms with E-state index in [1.807, 2.05) is 0 Å². The fourth-order valence-corrected chi connectivity index (χ4v) is 1.55. The SMILES string of the molecule is CCCn1nncc1C(C)(O)CNC(C)C. The molecule has 0 aromatic carbocycles. The van der Waals surface area contributed by atoms with Crippen LogP contribution in [0.5, 0.6) is 0 Å². The van der Waals surface area contributed by atoms with Crippen LogP contribution in [0.3, 0.4) is 0 Å². The highest BCUT2D eigenvalue weighted by Crippen LogP contribution is 2.18. The van der Waals surface area contributed by atoms with Crippen molar-refractivity contribution in [2.24, 2.45) is 0 Å². The summed E-state index contributed by atoms with van der Waals surface area (Å²) in [5.41, 5.74) is -0.161. The highest BCUT2D eigenvalue weighted by atomic mass is 16.3. The highest BCUT2D eigenvalue weighted by molar-refractivity contribution is 5.07. The number of nitrogens with zero attached hydrogens (tertiary/aromatic N) is 3. The number of hydrogen-bond donors (Lipinski definition) is 2. The van der Waals surface area contributed by atoms with E-state index in [2.05, 4.69) is 36.4 Å². The average Bonchev–Trinajstić information content (AvgIpc) is 2.64. The lowest BCUT2D eigenvalue weighted by atomic mass is 10.0. The fraction of sp³-hybridized carbons (Fsp3) is 0.818. The Bertz CT molecular complexity index is 320. The molecule has 1 heterocycles. The maximum absolute atomic E-state index is 10.4. The van der Waals surface area contributed by atoms with Gasteiger partial charge in [0.25, 0.3) is 0 Å². The van der Waals surface area contributed by atoms with Crippen molar-refractivity contribution in [1.29, 1.82) is 0 Å². The number of aromatic nitrogens is 3. The Morgan fingerprint density at radius 2 is 2.25 bits per heavy atom. The quantitative estimate of drug-likeness (QED) is 0.756. The number of rotatable bonds is 6. The Kier molecular flexibility index (Phi) is 4.44. The second-order valence-corrected chi connectivity index (χ2v) is 4.65. The molecule has 1 unspecified atom stereocenters. The molecule has 2 N–H and O–H groups in total. The molecular weight excluding hydrogens is 204 g/mol. The molecule has 0 aliphatic rings. The minimum atomic E-state index is -0.928. The van der Waals surface area contributed by atoms with Crippen molar-refractivity contribution in [3.63, 3.8) is 0 Å². The Morgan fingerprint density at radius 3 is 2.81 bits per heavy atom. The number of hydrogen-bond acceptors (Lipinski definition) is 4. The molecule has 1 aromatic heterocycles. The molecule has 1 aromatic rings. The van der Waals surface area contributed by atoms with Crippen LogP contribution in [-0.2, 0) is 12.1 Å². The molecule has 1 rings (SSSR count). The molecule has 0 radical (unpaired) electrons. The van der Waals surface area contributed by atoms with Crippen molar-refractivity contribution in [2.75, 3.05) is 6.54 Å². The first kappa shape index (κ1) is 13.1. The third-order valence-electron chi connectivity index (χ3n) is 2.46. The van der Waals surface area contributed by atoms with E-state index in [4.69, 9.17) is 0 Å². The largest absolute Gasteiger partial charge is 0.382 e. The minimum absolute atomic E-state index is 0.349. The third-order valence-corrected chi connectivity index (χ3v) is 2.46. The molecule has 0 amide bonds. The third kappa shape index (κ3) is 3.28. The predicted molar refractivity (Wildman–Crippen MR) is 63.0 cm³/mol. The summed E-state index contributed by atoms with van der Waals surface area (Å²) < 4.78 is 1.77. The van der Waals surface area contributed by atoms with Crippen molar-refractivity contribution < 1.29 is 5.11 Å². The van der Waals surface area contributed by atoms with Gasteiger partial charge in [-0.2, -0.15) is 0 Å². The van der Waals surface area contributed by atoms with Gasteiger partial charge >= 0.3 is 0 Å². The summed E-state index contributed by atoms with van der Waals surface area (Å²) in [6.07, 6.45) is 2.61. The molecular formula is C11H22N4O. The van der Waals surface area contributed by atoms with E-state index in [-0.39, 0.29) is 0 Å². The van der Waals surface area contributed by atoms with Gasteiger partial charge in [-0.15, -0.1) is 5.10 Å². The maximum Gasteiger partial charge on any atom is 0.117 e. The molecule has 0 aliphatic carbocycles. The van der Waals surface area contributed by atoms with Gasteiger partial charge in [0, 0.05) is 19.1 Å². The smallest absolute Gasteiger partial charge is 0.117 e. The van der Waals surface area contributed by atoms with Crippen LogP contribution in [0.25, 0.3) is 0 Å².